The molecule has 1 aliphatic carbocycles. The summed E-state index contributed by atoms with van der Waals surface area (Å²) in [5, 5.41) is 0. The number of rotatable bonds is 9. The van der Waals surface area contributed by atoms with Gasteiger partial charge in [-0.25, -0.2) is 4.79 Å². The summed E-state index contributed by atoms with van der Waals surface area (Å²) in [4.78, 5) is 29.2. The van der Waals surface area contributed by atoms with Crippen LogP contribution >= 0.6 is 0 Å². The minimum atomic E-state index is -0.771. The Morgan fingerprint density at radius 3 is 2.33 bits per heavy atom. The predicted molar refractivity (Wildman–Crippen MR) is 149 cm³/mol. The van der Waals surface area contributed by atoms with Gasteiger partial charge in [0, 0.05) is 18.5 Å². The molecule has 1 aliphatic heterocycles. The molecule has 0 N–H and O–H groups in total. The minimum absolute atomic E-state index is 0.0397. The largest absolute Gasteiger partial charge is 0.488 e. The molecule has 1 amide bonds. The highest BCUT2D eigenvalue weighted by molar-refractivity contribution is 5.89. The number of benzene rings is 3. The van der Waals surface area contributed by atoms with E-state index in [4.69, 9.17) is 14.2 Å². The zero-order chi connectivity index (χ0) is 27.2. The van der Waals surface area contributed by atoms with Crippen molar-refractivity contribution in [3.05, 3.63) is 101 Å². The molecule has 0 spiro atoms. The van der Waals surface area contributed by atoms with E-state index in [2.05, 4.69) is 0 Å². The first-order valence-electron chi connectivity index (χ1n) is 14.0. The van der Waals surface area contributed by atoms with E-state index in [9.17, 15) is 9.59 Å². The maximum atomic E-state index is 14.2. The lowest BCUT2D eigenvalue weighted by Crippen LogP contribution is -2.51. The van der Waals surface area contributed by atoms with Gasteiger partial charge >= 0.3 is 5.97 Å². The van der Waals surface area contributed by atoms with Gasteiger partial charge in [-0.15, -0.1) is 0 Å². The highest BCUT2D eigenvalue weighted by Crippen LogP contribution is 2.37. The molecule has 204 valence electrons. The highest BCUT2D eigenvalue weighted by Gasteiger charge is 2.41. The number of fused-ring (bicyclic) bond motifs is 1. The lowest BCUT2D eigenvalue weighted by molar-refractivity contribution is -0.163. The second-order valence-corrected chi connectivity index (χ2v) is 10.4. The fraction of sp³-hybridized carbons (Fsp3) is 0.394. The number of hydrogen-bond donors (Lipinski definition) is 0. The second kappa shape index (κ2) is 12.5. The summed E-state index contributed by atoms with van der Waals surface area (Å²) in [6.07, 6.45) is 3.70. The summed E-state index contributed by atoms with van der Waals surface area (Å²) < 4.78 is 18.3. The van der Waals surface area contributed by atoms with Crippen LogP contribution in [0.2, 0.25) is 0 Å². The minimum Gasteiger partial charge on any atom is -0.488 e. The van der Waals surface area contributed by atoms with Crippen molar-refractivity contribution in [1.29, 1.82) is 0 Å². The smallest absolute Gasteiger partial charge is 0.329 e. The standard InChI is InChI=1S/C33H37NO5/c1-3-37-33(36)29-20-28-26(19-18-23(2)30(28)38-22-24-12-6-4-7-13-24)21-34(29)32(35)31(25-14-8-5-9-15-25)39-27-16-10-11-17-27/h4-9,12-15,18-19,27,29,31H,3,10-11,16-17,20-22H2,1-2H3/t29-,31+/m0/s1. The number of esters is 1. The van der Waals surface area contributed by atoms with E-state index in [1.165, 1.54) is 0 Å². The van der Waals surface area contributed by atoms with Gasteiger partial charge < -0.3 is 19.1 Å². The molecule has 5 rings (SSSR count). The van der Waals surface area contributed by atoms with Crippen LogP contribution in [0.4, 0.5) is 0 Å². The molecule has 2 aliphatic rings. The SMILES string of the molecule is CCOC(=O)[C@@H]1Cc2c(ccc(C)c2OCc2ccccc2)CN1C(=O)[C@H](OC1CCCC1)c1ccccc1. The molecule has 0 unspecified atom stereocenters. The van der Waals surface area contributed by atoms with Gasteiger partial charge in [0.1, 0.15) is 18.4 Å². The van der Waals surface area contributed by atoms with Gasteiger partial charge in [-0.2, -0.15) is 0 Å². The van der Waals surface area contributed by atoms with Gasteiger partial charge in [-0.1, -0.05) is 85.6 Å². The third-order valence-corrected chi connectivity index (χ3v) is 7.69. The fourth-order valence-electron chi connectivity index (χ4n) is 5.64. The van der Waals surface area contributed by atoms with E-state index in [-0.39, 0.29) is 25.2 Å². The van der Waals surface area contributed by atoms with Crippen LogP contribution < -0.4 is 4.74 Å². The first-order valence-corrected chi connectivity index (χ1v) is 14.0. The lowest BCUT2D eigenvalue weighted by Gasteiger charge is -2.38. The van der Waals surface area contributed by atoms with E-state index in [1.54, 1.807) is 11.8 Å². The molecule has 6 nitrogen and oxygen atoms in total. The Bertz CT molecular complexity index is 1270. The Morgan fingerprint density at radius 2 is 1.64 bits per heavy atom. The fourth-order valence-corrected chi connectivity index (χ4v) is 5.64. The third kappa shape index (κ3) is 6.17. The molecular weight excluding hydrogens is 490 g/mol. The quantitative estimate of drug-likeness (QED) is 0.315. The summed E-state index contributed by atoms with van der Waals surface area (Å²) >= 11 is 0. The maximum Gasteiger partial charge on any atom is 0.329 e. The van der Waals surface area contributed by atoms with Crippen LogP contribution in [0.25, 0.3) is 0 Å². The van der Waals surface area contributed by atoms with Crippen molar-refractivity contribution in [2.24, 2.45) is 0 Å². The van der Waals surface area contributed by atoms with E-state index in [1.807, 2.05) is 79.7 Å². The van der Waals surface area contributed by atoms with Crippen molar-refractivity contribution in [2.45, 2.75) is 77.4 Å². The Hall–Kier alpha value is -3.64. The second-order valence-electron chi connectivity index (χ2n) is 10.4. The molecule has 2 atom stereocenters. The average Bonchev–Trinajstić information content (AvgIpc) is 3.49. The molecule has 0 aromatic heterocycles. The number of ether oxygens (including phenoxy) is 3. The van der Waals surface area contributed by atoms with Gasteiger partial charge in [0.2, 0.25) is 0 Å². The summed E-state index contributed by atoms with van der Waals surface area (Å²) in [5.74, 6) is 0.170. The summed E-state index contributed by atoms with van der Waals surface area (Å²) in [7, 11) is 0. The number of carbonyl (C=O) groups excluding carboxylic acids is 2. The van der Waals surface area contributed by atoms with Crippen molar-refractivity contribution in [3.63, 3.8) is 0 Å². The van der Waals surface area contributed by atoms with Crippen LogP contribution in [-0.4, -0.2) is 35.5 Å². The van der Waals surface area contributed by atoms with Crippen molar-refractivity contribution in [2.75, 3.05) is 6.61 Å². The summed E-state index contributed by atoms with van der Waals surface area (Å²) in [6.45, 7) is 4.76. The van der Waals surface area contributed by atoms with Gasteiger partial charge in [0.25, 0.3) is 5.91 Å². The Labute approximate surface area is 230 Å². The lowest BCUT2D eigenvalue weighted by atomic mass is 9.90. The number of carbonyl (C=O) groups is 2. The van der Waals surface area contributed by atoms with Crippen LogP contribution in [0.3, 0.4) is 0 Å². The molecule has 1 saturated carbocycles. The number of hydrogen-bond acceptors (Lipinski definition) is 5. The van der Waals surface area contributed by atoms with Crippen LogP contribution in [0.5, 0.6) is 5.75 Å². The van der Waals surface area contributed by atoms with Crippen LogP contribution in [0.1, 0.15) is 66.5 Å². The predicted octanol–water partition coefficient (Wildman–Crippen LogP) is 6.09. The van der Waals surface area contributed by atoms with E-state index in [0.717, 1.165) is 59.3 Å². The Balaban J connectivity index is 1.47. The molecule has 3 aromatic carbocycles. The van der Waals surface area contributed by atoms with Crippen LogP contribution in [-0.2, 0) is 38.6 Å². The topological polar surface area (TPSA) is 65.1 Å². The van der Waals surface area contributed by atoms with Crippen molar-refractivity contribution in [1.82, 2.24) is 4.90 Å². The first kappa shape index (κ1) is 26.9. The van der Waals surface area contributed by atoms with Crippen LogP contribution in [0, 0.1) is 6.92 Å². The first-order chi connectivity index (χ1) is 19.0. The van der Waals surface area contributed by atoms with Crippen molar-refractivity contribution >= 4 is 11.9 Å². The van der Waals surface area contributed by atoms with E-state index in [0.29, 0.717) is 13.0 Å². The Morgan fingerprint density at radius 1 is 0.949 bits per heavy atom. The normalized spacial score (nSPS) is 17.9. The highest BCUT2D eigenvalue weighted by atomic mass is 16.5. The monoisotopic (exact) mass is 527 g/mol. The van der Waals surface area contributed by atoms with Gasteiger partial charge in [0.05, 0.1) is 12.7 Å². The molecule has 0 bridgehead atoms. The average molecular weight is 528 g/mol. The number of amides is 1. The van der Waals surface area contributed by atoms with Crippen molar-refractivity contribution < 1.29 is 23.8 Å². The molecule has 1 heterocycles. The van der Waals surface area contributed by atoms with E-state index < -0.39 is 18.1 Å². The zero-order valence-electron chi connectivity index (χ0n) is 22.8. The Kier molecular flexibility index (Phi) is 8.62. The molecule has 3 aromatic rings. The molecule has 0 saturated heterocycles. The van der Waals surface area contributed by atoms with Gasteiger partial charge in [-0.3, -0.25) is 4.79 Å². The van der Waals surface area contributed by atoms with E-state index >= 15 is 0 Å². The molecule has 6 heteroatoms. The van der Waals surface area contributed by atoms with Crippen molar-refractivity contribution in [3.8, 4) is 5.75 Å². The molecule has 39 heavy (non-hydrogen) atoms. The van der Waals surface area contributed by atoms with Gasteiger partial charge in [0.15, 0.2) is 6.10 Å². The maximum absolute atomic E-state index is 14.2. The molecule has 1 fully saturated rings. The number of aryl methyl sites for hydroxylation is 1. The number of nitrogens with zero attached hydrogens (tertiary/aromatic N) is 1. The molecular formula is C33H37NO5. The van der Waals surface area contributed by atoms with Crippen LogP contribution in [0.15, 0.2) is 72.8 Å². The van der Waals surface area contributed by atoms with Gasteiger partial charge in [-0.05, 0) is 48.9 Å². The summed E-state index contributed by atoms with van der Waals surface area (Å²) in [6, 6.07) is 22.9. The zero-order valence-corrected chi connectivity index (χ0v) is 22.8. The third-order valence-electron chi connectivity index (χ3n) is 7.69. The summed E-state index contributed by atoms with van der Waals surface area (Å²) in [5.41, 5.74) is 4.81. The molecule has 0 radical (unpaired) electrons.